The normalized spacial score (nSPS) is 21.0. The summed E-state index contributed by atoms with van der Waals surface area (Å²) in [5.74, 6) is 0.286. The van der Waals surface area contributed by atoms with Gasteiger partial charge in [-0.2, -0.15) is 0 Å². The van der Waals surface area contributed by atoms with Gasteiger partial charge in [-0.3, -0.25) is 0 Å². The first-order valence-corrected chi connectivity index (χ1v) is 8.14. The Morgan fingerprint density at radius 2 is 1.83 bits per heavy atom. The van der Waals surface area contributed by atoms with E-state index < -0.39 is 5.79 Å². The number of benzene rings is 1. The Kier molecular flexibility index (Phi) is 3.93. The van der Waals surface area contributed by atoms with Gasteiger partial charge in [-0.1, -0.05) is 42.0 Å². The van der Waals surface area contributed by atoms with Crippen LogP contribution in [0.1, 0.15) is 32.1 Å². The minimum absolute atomic E-state index is 0.315. The van der Waals surface area contributed by atoms with Crippen molar-refractivity contribution in [3.63, 3.8) is 0 Å². The fourth-order valence-electron chi connectivity index (χ4n) is 3.16. The summed E-state index contributed by atoms with van der Waals surface area (Å²) >= 11 is 0. The minimum Gasteiger partial charge on any atom is -0.342 e. The Labute approximate surface area is 135 Å². The summed E-state index contributed by atoms with van der Waals surface area (Å²) in [7, 11) is 0. The van der Waals surface area contributed by atoms with Crippen molar-refractivity contribution in [1.82, 2.24) is 15.0 Å². The van der Waals surface area contributed by atoms with Crippen molar-refractivity contribution in [2.75, 3.05) is 13.3 Å². The van der Waals surface area contributed by atoms with Gasteiger partial charge in [0.1, 0.15) is 19.0 Å². The topological polar surface area (TPSA) is 61.5 Å². The molecule has 0 saturated heterocycles. The first-order valence-electron chi connectivity index (χ1n) is 8.14. The van der Waals surface area contributed by atoms with Gasteiger partial charge in [-0.25, -0.2) is 9.67 Å². The van der Waals surface area contributed by atoms with Crippen molar-refractivity contribution in [2.45, 2.75) is 37.9 Å². The van der Waals surface area contributed by atoms with Crippen molar-refractivity contribution in [2.24, 2.45) is 4.99 Å². The summed E-state index contributed by atoms with van der Waals surface area (Å²) in [6, 6.07) is 9.99. The fourth-order valence-corrected chi connectivity index (χ4v) is 3.16. The maximum atomic E-state index is 6.07. The number of aliphatic imine (C=N–C) groups is 1. The molecule has 1 fully saturated rings. The van der Waals surface area contributed by atoms with Crippen molar-refractivity contribution < 1.29 is 9.47 Å². The average Bonchev–Trinajstić information content (AvgIpc) is 3.01. The summed E-state index contributed by atoms with van der Waals surface area (Å²) in [6.45, 7) is 0.716. The highest BCUT2D eigenvalue weighted by molar-refractivity contribution is 5.85. The van der Waals surface area contributed by atoms with Gasteiger partial charge in [0.25, 0.3) is 0 Å². The van der Waals surface area contributed by atoms with Crippen LogP contribution in [0.4, 0.5) is 0 Å². The first-order chi connectivity index (χ1) is 11.3. The minimum atomic E-state index is -0.452. The Morgan fingerprint density at radius 3 is 2.65 bits per heavy atom. The van der Waals surface area contributed by atoms with Crippen LogP contribution in [0.2, 0.25) is 0 Å². The molecule has 6 heteroatoms. The van der Waals surface area contributed by atoms with Gasteiger partial charge in [0.05, 0.1) is 6.20 Å². The molecule has 6 nitrogen and oxygen atoms in total. The third-order valence-corrected chi connectivity index (χ3v) is 4.48. The molecule has 2 aromatic rings. The Balaban J connectivity index is 1.50. The molecule has 2 heterocycles. The number of nitrogens with zero attached hydrogens (tertiary/aromatic N) is 4. The Hall–Kier alpha value is -2.05. The van der Waals surface area contributed by atoms with Gasteiger partial charge in [0, 0.05) is 18.4 Å². The van der Waals surface area contributed by atoms with Crippen LogP contribution < -0.4 is 0 Å². The van der Waals surface area contributed by atoms with E-state index in [1.165, 1.54) is 6.42 Å². The van der Waals surface area contributed by atoms with Crippen LogP contribution in [0.3, 0.4) is 0 Å². The maximum Gasteiger partial charge on any atom is 0.171 e. The Bertz CT molecular complexity index is 690. The highest BCUT2D eigenvalue weighted by Gasteiger charge is 2.36. The number of ether oxygens (including phenoxy) is 2. The first kappa shape index (κ1) is 14.5. The van der Waals surface area contributed by atoms with Gasteiger partial charge in [-0.05, 0) is 12.8 Å². The molecular formula is C17H20N4O2. The van der Waals surface area contributed by atoms with E-state index in [1.807, 2.05) is 36.5 Å². The molecule has 1 aliphatic heterocycles. The van der Waals surface area contributed by atoms with Crippen molar-refractivity contribution in [3.05, 3.63) is 36.5 Å². The fraction of sp³-hybridized carbons (Fsp3) is 0.471. The molecule has 1 aromatic carbocycles. The summed E-state index contributed by atoms with van der Waals surface area (Å²) in [5.41, 5.74) is 1.86. The van der Waals surface area contributed by atoms with E-state index in [-0.39, 0.29) is 0 Å². The quantitative estimate of drug-likeness (QED) is 0.812. The van der Waals surface area contributed by atoms with Gasteiger partial charge in [0.15, 0.2) is 11.6 Å². The molecule has 4 rings (SSSR count). The number of rotatable bonds is 1. The monoisotopic (exact) mass is 312 g/mol. The van der Waals surface area contributed by atoms with Crippen LogP contribution in [-0.4, -0.2) is 40.0 Å². The number of hydrogen-bond donors (Lipinski definition) is 0. The van der Waals surface area contributed by atoms with E-state index in [0.29, 0.717) is 13.3 Å². The van der Waals surface area contributed by atoms with E-state index >= 15 is 0 Å². The zero-order valence-electron chi connectivity index (χ0n) is 13.0. The predicted molar refractivity (Wildman–Crippen MR) is 86.0 cm³/mol. The van der Waals surface area contributed by atoms with E-state index in [0.717, 1.165) is 42.8 Å². The van der Waals surface area contributed by atoms with E-state index in [9.17, 15) is 0 Å². The SMILES string of the molecule is c1ccc(-c2cn(C3=NCOC4(CCCCC4)OC3)nn2)cc1. The Morgan fingerprint density at radius 1 is 1.00 bits per heavy atom. The third kappa shape index (κ3) is 3.04. The summed E-state index contributed by atoms with van der Waals surface area (Å²) in [5, 5.41) is 8.42. The lowest BCUT2D eigenvalue weighted by Gasteiger charge is -2.35. The molecule has 0 N–H and O–H groups in total. The smallest absolute Gasteiger partial charge is 0.171 e. The average molecular weight is 312 g/mol. The van der Waals surface area contributed by atoms with Crippen molar-refractivity contribution in [1.29, 1.82) is 0 Å². The zero-order valence-corrected chi connectivity index (χ0v) is 13.0. The van der Waals surface area contributed by atoms with E-state index in [2.05, 4.69) is 15.3 Å². The second kappa shape index (κ2) is 6.22. The van der Waals surface area contributed by atoms with E-state index in [1.54, 1.807) is 4.68 Å². The van der Waals surface area contributed by atoms with Gasteiger partial charge < -0.3 is 9.47 Å². The standard InChI is InChI=1S/C17H20N4O2/c1-3-7-14(8-4-1)15-11-21(20-19-15)16-12-22-17(23-13-18-16)9-5-2-6-10-17/h1,3-4,7-8,11H,2,5-6,9-10,12-13H2. The van der Waals surface area contributed by atoms with Crippen LogP contribution in [0, 0.1) is 0 Å². The van der Waals surface area contributed by atoms with Gasteiger partial charge in [0.2, 0.25) is 0 Å². The van der Waals surface area contributed by atoms with Crippen LogP contribution >= 0.6 is 0 Å². The lowest BCUT2D eigenvalue weighted by Crippen LogP contribution is -2.38. The maximum absolute atomic E-state index is 6.07. The molecule has 120 valence electrons. The summed E-state index contributed by atoms with van der Waals surface area (Å²) in [4.78, 5) is 4.48. The summed E-state index contributed by atoms with van der Waals surface area (Å²) < 4.78 is 13.7. The largest absolute Gasteiger partial charge is 0.342 e. The van der Waals surface area contributed by atoms with E-state index in [4.69, 9.17) is 9.47 Å². The molecule has 0 atom stereocenters. The molecule has 1 saturated carbocycles. The lowest BCUT2D eigenvalue weighted by atomic mass is 9.94. The molecule has 1 spiro atoms. The highest BCUT2D eigenvalue weighted by Crippen LogP contribution is 2.33. The zero-order chi connectivity index (χ0) is 15.5. The summed E-state index contributed by atoms with van der Waals surface area (Å²) in [6.07, 6.45) is 7.33. The molecule has 2 aliphatic rings. The second-order valence-corrected chi connectivity index (χ2v) is 6.02. The molecule has 0 amide bonds. The van der Waals surface area contributed by atoms with Crippen LogP contribution in [-0.2, 0) is 9.47 Å². The number of aromatic nitrogens is 3. The van der Waals surface area contributed by atoms with Crippen LogP contribution in [0.5, 0.6) is 0 Å². The third-order valence-electron chi connectivity index (χ3n) is 4.48. The van der Waals surface area contributed by atoms with Gasteiger partial charge in [-0.15, -0.1) is 5.10 Å². The van der Waals surface area contributed by atoms with Crippen molar-refractivity contribution >= 4 is 5.84 Å². The predicted octanol–water partition coefficient (Wildman–Crippen LogP) is 2.86. The molecular weight excluding hydrogens is 292 g/mol. The highest BCUT2D eigenvalue weighted by atomic mass is 16.7. The second-order valence-electron chi connectivity index (χ2n) is 6.02. The van der Waals surface area contributed by atoms with Crippen molar-refractivity contribution in [3.8, 4) is 11.3 Å². The molecule has 23 heavy (non-hydrogen) atoms. The molecule has 0 bridgehead atoms. The lowest BCUT2D eigenvalue weighted by molar-refractivity contribution is -0.239. The number of hydrogen-bond acceptors (Lipinski definition) is 5. The molecule has 0 unspecified atom stereocenters. The molecule has 1 aromatic heterocycles. The van der Waals surface area contributed by atoms with Crippen LogP contribution in [0.15, 0.2) is 41.5 Å². The van der Waals surface area contributed by atoms with Gasteiger partial charge >= 0.3 is 0 Å². The molecule has 1 aliphatic carbocycles. The van der Waals surface area contributed by atoms with Crippen LogP contribution in [0.25, 0.3) is 11.3 Å². The molecule has 0 radical (unpaired) electrons.